The Morgan fingerprint density at radius 2 is 1.04 bits per heavy atom. The van der Waals surface area contributed by atoms with E-state index in [1.54, 1.807) is 0 Å². The summed E-state index contributed by atoms with van der Waals surface area (Å²) in [7, 11) is 0. The molecule has 3 heteroatoms. The Labute approximate surface area is 156 Å². The van der Waals surface area contributed by atoms with Crippen molar-refractivity contribution >= 4 is 0 Å². The highest BCUT2D eigenvalue weighted by Crippen LogP contribution is 2.29. The maximum Gasteiger partial charge on any atom is 0.0720 e. The number of hydrogen-bond acceptors (Lipinski definition) is 3. The Morgan fingerprint density at radius 3 is 1.42 bits per heavy atom. The average molecular weight is 345 g/mol. The summed E-state index contributed by atoms with van der Waals surface area (Å²) >= 11 is 0. The van der Waals surface area contributed by atoms with Crippen molar-refractivity contribution in [3.05, 3.63) is 66.2 Å². The first kappa shape index (κ1) is 18.2. The Morgan fingerprint density at radius 1 is 0.615 bits per heavy atom. The topological polar surface area (TPSA) is 38.7 Å². The molecule has 0 saturated heterocycles. The third-order valence-electron chi connectivity index (χ3n) is 4.58. The Balaban J connectivity index is 2.03. The number of pyridine rings is 3. The van der Waals surface area contributed by atoms with E-state index in [-0.39, 0.29) is 10.8 Å². The van der Waals surface area contributed by atoms with E-state index >= 15 is 0 Å². The van der Waals surface area contributed by atoms with Crippen LogP contribution in [0.3, 0.4) is 0 Å². The van der Waals surface area contributed by atoms with E-state index in [9.17, 15) is 0 Å². The van der Waals surface area contributed by atoms with Crippen molar-refractivity contribution in [1.29, 1.82) is 0 Å². The van der Waals surface area contributed by atoms with Crippen LogP contribution in [-0.2, 0) is 10.8 Å². The van der Waals surface area contributed by atoms with Crippen molar-refractivity contribution in [2.45, 2.75) is 52.4 Å². The molecule has 0 aliphatic heterocycles. The minimum absolute atomic E-state index is 0.0886. The number of aromatic nitrogens is 3. The van der Waals surface area contributed by atoms with Gasteiger partial charge in [0.2, 0.25) is 0 Å². The SMILES string of the molecule is CC(C)(C)c1ccnc(-c2cncc(-c3cc(C(C)(C)C)ccn3)c2)c1. The van der Waals surface area contributed by atoms with Crippen molar-refractivity contribution in [3.8, 4) is 22.5 Å². The smallest absolute Gasteiger partial charge is 0.0720 e. The molecule has 0 N–H and O–H groups in total. The zero-order chi connectivity index (χ0) is 18.9. The number of hydrogen-bond donors (Lipinski definition) is 0. The standard InChI is InChI=1S/C23H27N3/c1-22(2,3)18-7-9-25-20(12-18)16-11-17(15-24-14-16)21-13-19(8-10-26-21)23(4,5)6/h7-15H,1-6H3. The summed E-state index contributed by atoms with van der Waals surface area (Å²) in [6.45, 7) is 13.3. The van der Waals surface area contributed by atoms with Gasteiger partial charge in [-0.25, -0.2) is 0 Å². The van der Waals surface area contributed by atoms with Crippen LogP contribution in [0, 0.1) is 0 Å². The molecule has 3 rings (SSSR count). The van der Waals surface area contributed by atoms with Crippen LogP contribution in [0.15, 0.2) is 55.1 Å². The second-order valence-corrected chi connectivity index (χ2v) is 8.82. The molecule has 0 unspecified atom stereocenters. The predicted molar refractivity (Wildman–Crippen MR) is 108 cm³/mol. The van der Waals surface area contributed by atoms with E-state index in [0.29, 0.717) is 0 Å². The van der Waals surface area contributed by atoms with Crippen LogP contribution in [0.2, 0.25) is 0 Å². The van der Waals surface area contributed by atoms with Crippen LogP contribution in [0.4, 0.5) is 0 Å². The summed E-state index contributed by atoms with van der Waals surface area (Å²) < 4.78 is 0. The largest absolute Gasteiger partial charge is 0.263 e. The fraction of sp³-hybridized carbons (Fsp3) is 0.348. The molecule has 0 atom stereocenters. The van der Waals surface area contributed by atoms with Crippen LogP contribution in [-0.4, -0.2) is 15.0 Å². The molecule has 3 aromatic heterocycles. The molecule has 3 nitrogen and oxygen atoms in total. The second-order valence-electron chi connectivity index (χ2n) is 8.82. The first-order valence-corrected chi connectivity index (χ1v) is 9.03. The molecule has 3 heterocycles. The molecule has 0 fully saturated rings. The molecule has 0 aliphatic rings. The molecule has 3 aromatic rings. The molecule has 0 amide bonds. The Kier molecular flexibility index (Phi) is 4.66. The summed E-state index contributed by atoms with van der Waals surface area (Å²) in [5.74, 6) is 0. The number of nitrogens with zero attached hydrogens (tertiary/aromatic N) is 3. The predicted octanol–water partition coefficient (Wildman–Crippen LogP) is 5.80. The molecule has 134 valence electrons. The zero-order valence-corrected chi connectivity index (χ0v) is 16.5. The first-order chi connectivity index (χ1) is 12.1. The summed E-state index contributed by atoms with van der Waals surface area (Å²) in [4.78, 5) is 13.5. The van der Waals surface area contributed by atoms with Crippen molar-refractivity contribution in [2.75, 3.05) is 0 Å². The maximum absolute atomic E-state index is 4.55. The quantitative estimate of drug-likeness (QED) is 0.589. The van der Waals surface area contributed by atoms with Gasteiger partial charge >= 0.3 is 0 Å². The normalized spacial score (nSPS) is 12.2. The Hall–Kier alpha value is -2.55. The van der Waals surface area contributed by atoms with Gasteiger partial charge < -0.3 is 0 Å². The van der Waals surface area contributed by atoms with E-state index in [2.05, 4.69) is 86.8 Å². The van der Waals surface area contributed by atoms with Gasteiger partial charge in [-0.2, -0.15) is 0 Å². The van der Waals surface area contributed by atoms with E-state index in [4.69, 9.17) is 0 Å². The maximum atomic E-state index is 4.55. The molecule has 0 radical (unpaired) electrons. The third-order valence-corrected chi connectivity index (χ3v) is 4.58. The lowest BCUT2D eigenvalue weighted by molar-refractivity contribution is 0.589. The fourth-order valence-electron chi connectivity index (χ4n) is 2.83. The number of rotatable bonds is 2. The van der Waals surface area contributed by atoms with E-state index in [1.165, 1.54) is 11.1 Å². The molecular formula is C23H27N3. The van der Waals surface area contributed by atoms with Gasteiger partial charge in [-0.3, -0.25) is 15.0 Å². The van der Waals surface area contributed by atoms with Crippen molar-refractivity contribution in [1.82, 2.24) is 15.0 Å². The first-order valence-electron chi connectivity index (χ1n) is 9.03. The van der Waals surface area contributed by atoms with E-state index in [0.717, 1.165) is 22.5 Å². The third kappa shape index (κ3) is 3.98. The van der Waals surface area contributed by atoms with Crippen LogP contribution in [0.5, 0.6) is 0 Å². The zero-order valence-electron chi connectivity index (χ0n) is 16.5. The monoisotopic (exact) mass is 345 g/mol. The van der Waals surface area contributed by atoms with Gasteiger partial charge in [0, 0.05) is 35.9 Å². The minimum Gasteiger partial charge on any atom is -0.263 e. The fourth-order valence-corrected chi connectivity index (χ4v) is 2.83. The van der Waals surface area contributed by atoms with E-state index < -0.39 is 0 Å². The summed E-state index contributed by atoms with van der Waals surface area (Å²) in [5, 5.41) is 0. The van der Waals surface area contributed by atoms with Gasteiger partial charge in [0.25, 0.3) is 0 Å². The van der Waals surface area contributed by atoms with Gasteiger partial charge in [-0.05, 0) is 52.3 Å². The van der Waals surface area contributed by atoms with Crippen molar-refractivity contribution < 1.29 is 0 Å². The van der Waals surface area contributed by atoms with Crippen LogP contribution in [0.25, 0.3) is 22.5 Å². The second kappa shape index (κ2) is 6.64. The lowest BCUT2D eigenvalue weighted by Gasteiger charge is -2.20. The molecule has 0 aromatic carbocycles. The van der Waals surface area contributed by atoms with Crippen LogP contribution < -0.4 is 0 Å². The summed E-state index contributed by atoms with van der Waals surface area (Å²) in [6.07, 6.45) is 7.49. The highest BCUT2D eigenvalue weighted by Gasteiger charge is 2.16. The van der Waals surface area contributed by atoms with Crippen molar-refractivity contribution in [3.63, 3.8) is 0 Å². The van der Waals surface area contributed by atoms with Crippen LogP contribution in [0.1, 0.15) is 52.7 Å². The molecule has 0 bridgehead atoms. The molecule has 26 heavy (non-hydrogen) atoms. The summed E-state index contributed by atoms with van der Waals surface area (Å²) in [6, 6.07) is 10.6. The minimum atomic E-state index is 0.0886. The van der Waals surface area contributed by atoms with E-state index in [1.807, 2.05) is 24.8 Å². The van der Waals surface area contributed by atoms with Gasteiger partial charge in [-0.1, -0.05) is 41.5 Å². The highest BCUT2D eigenvalue weighted by atomic mass is 14.7. The lowest BCUT2D eigenvalue weighted by atomic mass is 9.86. The van der Waals surface area contributed by atoms with Crippen molar-refractivity contribution in [2.24, 2.45) is 0 Å². The summed E-state index contributed by atoms with van der Waals surface area (Å²) in [5.41, 5.74) is 6.61. The molecule has 0 saturated carbocycles. The van der Waals surface area contributed by atoms with Gasteiger partial charge in [0.05, 0.1) is 11.4 Å². The van der Waals surface area contributed by atoms with Gasteiger partial charge in [0.15, 0.2) is 0 Å². The molecule has 0 spiro atoms. The lowest BCUT2D eigenvalue weighted by Crippen LogP contribution is -2.11. The average Bonchev–Trinajstić information content (AvgIpc) is 2.61. The Bertz CT molecular complexity index is 842. The van der Waals surface area contributed by atoms with Gasteiger partial charge in [-0.15, -0.1) is 0 Å². The van der Waals surface area contributed by atoms with Crippen LogP contribution >= 0.6 is 0 Å². The highest BCUT2D eigenvalue weighted by molar-refractivity contribution is 5.68. The van der Waals surface area contributed by atoms with Gasteiger partial charge in [0.1, 0.15) is 0 Å². The molecule has 0 aliphatic carbocycles. The molecular weight excluding hydrogens is 318 g/mol.